The number of halogens is 1. The van der Waals surface area contributed by atoms with Crippen molar-refractivity contribution >= 4 is 34.0 Å². The van der Waals surface area contributed by atoms with Gasteiger partial charge in [0.25, 0.3) is 5.56 Å². The topological polar surface area (TPSA) is 92.8 Å². The van der Waals surface area contributed by atoms with E-state index < -0.39 is 6.10 Å². The van der Waals surface area contributed by atoms with E-state index in [4.69, 9.17) is 30.9 Å². The maximum atomic E-state index is 13.4. The second kappa shape index (κ2) is 9.82. The molecular weight excluding hydrogens is 550 g/mol. The molecule has 6 aromatic rings. The number of para-hydroxylation sites is 3. The molecule has 11 heteroatoms. The second-order valence-electron chi connectivity index (χ2n) is 9.01. The van der Waals surface area contributed by atoms with Gasteiger partial charge in [-0.25, -0.2) is 4.68 Å². The monoisotopic (exact) mass is 569 g/mol. The van der Waals surface area contributed by atoms with Gasteiger partial charge in [0.15, 0.2) is 23.4 Å². The summed E-state index contributed by atoms with van der Waals surface area (Å²) in [5.74, 6) is 2.26. The molecule has 0 bridgehead atoms. The molecule has 0 aliphatic carbocycles. The first kappa shape index (κ1) is 24.4. The van der Waals surface area contributed by atoms with Crippen LogP contribution in [-0.2, 0) is 0 Å². The van der Waals surface area contributed by atoms with Crippen molar-refractivity contribution in [1.29, 1.82) is 0 Å². The van der Waals surface area contributed by atoms with Gasteiger partial charge in [-0.3, -0.25) is 4.79 Å². The van der Waals surface area contributed by atoms with Gasteiger partial charge in [0.1, 0.15) is 18.1 Å². The number of rotatable bonds is 5. The van der Waals surface area contributed by atoms with Crippen molar-refractivity contribution < 1.29 is 14.2 Å². The van der Waals surface area contributed by atoms with E-state index in [1.807, 2.05) is 66.9 Å². The maximum Gasteiger partial charge on any atom is 0.291 e. The Morgan fingerprint density at radius 3 is 2.62 bits per heavy atom. The number of thiazole rings is 1. The van der Waals surface area contributed by atoms with Crippen molar-refractivity contribution in [3.63, 3.8) is 0 Å². The van der Waals surface area contributed by atoms with Crippen LogP contribution in [-0.4, -0.2) is 38.1 Å². The summed E-state index contributed by atoms with van der Waals surface area (Å²) in [4.78, 5) is 18.5. The smallest absolute Gasteiger partial charge is 0.291 e. The van der Waals surface area contributed by atoms with Crippen molar-refractivity contribution in [3.8, 4) is 34.2 Å². The van der Waals surface area contributed by atoms with Gasteiger partial charge in [-0.1, -0.05) is 53.3 Å². The predicted octanol–water partition coefficient (Wildman–Crippen LogP) is 4.73. The lowest BCUT2D eigenvalue weighted by Gasteiger charge is -2.24. The van der Waals surface area contributed by atoms with Crippen LogP contribution in [0.4, 0.5) is 0 Å². The van der Waals surface area contributed by atoms with Crippen LogP contribution in [0.2, 0.25) is 5.02 Å². The Morgan fingerprint density at radius 2 is 1.85 bits per heavy atom. The largest absolute Gasteiger partial charge is 0.495 e. The molecule has 0 spiro atoms. The fourth-order valence-electron chi connectivity index (χ4n) is 4.52. The number of nitrogens with zero attached hydrogens (tertiary/aromatic N) is 5. The van der Waals surface area contributed by atoms with Crippen molar-refractivity contribution in [3.05, 3.63) is 110 Å². The molecule has 1 atom stereocenters. The third-order valence-electron chi connectivity index (χ3n) is 6.47. The molecule has 0 amide bonds. The van der Waals surface area contributed by atoms with E-state index in [2.05, 4.69) is 10.1 Å². The van der Waals surface area contributed by atoms with Crippen LogP contribution in [0.15, 0.2) is 83.8 Å². The first-order valence-corrected chi connectivity index (χ1v) is 13.6. The molecule has 0 fully saturated rings. The quantitative estimate of drug-likeness (QED) is 0.296. The molecule has 7 rings (SSSR count). The Kier molecular flexibility index (Phi) is 5.98. The molecule has 4 heterocycles. The van der Waals surface area contributed by atoms with Gasteiger partial charge in [0.05, 0.1) is 22.4 Å². The van der Waals surface area contributed by atoms with E-state index >= 15 is 0 Å². The highest BCUT2D eigenvalue weighted by Crippen LogP contribution is 2.35. The molecule has 1 unspecified atom stereocenters. The number of aromatic nitrogens is 5. The van der Waals surface area contributed by atoms with Gasteiger partial charge in [-0.15, -0.1) is 5.10 Å². The first-order chi connectivity index (χ1) is 19.6. The minimum atomic E-state index is -0.510. The summed E-state index contributed by atoms with van der Waals surface area (Å²) in [6.07, 6.45) is 3.18. The highest BCUT2D eigenvalue weighted by Gasteiger charge is 2.27. The number of fused-ring (bicyclic) bond motifs is 2. The fraction of sp³-hybridized carbons (Fsp3) is 0.103. The summed E-state index contributed by atoms with van der Waals surface area (Å²) in [5, 5.41) is 9.76. The van der Waals surface area contributed by atoms with Crippen LogP contribution in [0.3, 0.4) is 0 Å². The standard InChI is InChI=1S/C29H20ClN5O4S/c1-37-21-12-11-17(13-20(21)30)26-18(15-34(32-26)19-7-3-2-4-8-19)14-25-28(36)35-29(40-25)31-27(33-35)24-16-38-22-9-5-6-10-23(22)39-24/h2-15,24H,16H2,1H3. The lowest BCUT2D eigenvalue weighted by molar-refractivity contribution is 0.0852. The van der Waals surface area contributed by atoms with Crippen LogP contribution in [0, 0.1) is 0 Å². The Balaban J connectivity index is 1.29. The number of hydrogen-bond acceptors (Lipinski definition) is 8. The molecule has 0 saturated heterocycles. The summed E-state index contributed by atoms with van der Waals surface area (Å²) in [6, 6.07) is 22.6. The van der Waals surface area contributed by atoms with Crippen LogP contribution in [0.5, 0.6) is 17.2 Å². The van der Waals surface area contributed by atoms with Crippen LogP contribution >= 0.6 is 22.9 Å². The number of methoxy groups -OCH3 is 1. The summed E-state index contributed by atoms with van der Waals surface area (Å²) in [7, 11) is 1.57. The Bertz CT molecular complexity index is 1990. The van der Waals surface area contributed by atoms with E-state index in [0.29, 0.717) is 43.3 Å². The molecule has 198 valence electrons. The summed E-state index contributed by atoms with van der Waals surface area (Å²) in [6.45, 7) is 0.258. The van der Waals surface area contributed by atoms with E-state index in [1.165, 1.54) is 15.9 Å². The zero-order valence-corrected chi connectivity index (χ0v) is 22.6. The molecule has 0 saturated carbocycles. The molecule has 1 aliphatic rings. The minimum absolute atomic E-state index is 0.258. The van der Waals surface area contributed by atoms with Crippen LogP contribution in [0.1, 0.15) is 17.5 Å². The van der Waals surface area contributed by atoms with Crippen molar-refractivity contribution in [1.82, 2.24) is 24.4 Å². The lowest BCUT2D eigenvalue weighted by Crippen LogP contribution is -2.26. The predicted molar refractivity (Wildman–Crippen MR) is 152 cm³/mol. The average molecular weight is 570 g/mol. The molecular formula is C29H20ClN5O4S. The highest BCUT2D eigenvalue weighted by atomic mass is 35.5. The van der Waals surface area contributed by atoms with Gasteiger partial charge in [-0.2, -0.15) is 14.6 Å². The van der Waals surface area contributed by atoms with Gasteiger partial charge in [-0.05, 0) is 48.5 Å². The average Bonchev–Trinajstić information content (AvgIpc) is 3.68. The third kappa shape index (κ3) is 4.27. The van der Waals surface area contributed by atoms with Crippen molar-refractivity contribution in [2.45, 2.75) is 6.10 Å². The fourth-order valence-corrected chi connectivity index (χ4v) is 5.68. The Morgan fingerprint density at radius 1 is 1.05 bits per heavy atom. The molecule has 40 heavy (non-hydrogen) atoms. The molecule has 0 radical (unpaired) electrons. The van der Waals surface area contributed by atoms with Gasteiger partial charge < -0.3 is 14.2 Å². The van der Waals surface area contributed by atoms with Gasteiger partial charge >= 0.3 is 0 Å². The summed E-state index contributed by atoms with van der Waals surface area (Å²) >= 11 is 7.68. The maximum absolute atomic E-state index is 13.4. The second-order valence-corrected chi connectivity index (χ2v) is 10.4. The van der Waals surface area contributed by atoms with Crippen molar-refractivity contribution in [2.75, 3.05) is 13.7 Å². The number of hydrogen-bond donors (Lipinski definition) is 0. The first-order valence-electron chi connectivity index (χ1n) is 12.4. The van der Waals surface area contributed by atoms with Gasteiger partial charge in [0, 0.05) is 17.3 Å². The van der Waals surface area contributed by atoms with E-state index in [1.54, 1.807) is 30.0 Å². The number of benzene rings is 3. The van der Waals surface area contributed by atoms with Crippen LogP contribution < -0.4 is 24.3 Å². The Labute approximate surface area is 236 Å². The summed E-state index contributed by atoms with van der Waals surface area (Å²) in [5.41, 5.74) is 2.80. The zero-order chi connectivity index (χ0) is 27.2. The Hall–Kier alpha value is -4.67. The molecule has 3 aromatic heterocycles. The van der Waals surface area contributed by atoms with E-state index in [-0.39, 0.29) is 12.2 Å². The highest BCUT2D eigenvalue weighted by molar-refractivity contribution is 7.15. The van der Waals surface area contributed by atoms with Gasteiger partial charge in [0.2, 0.25) is 4.96 Å². The lowest BCUT2D eigenvalue weighted by atomic mass is 10.1. The zero-order valence-electron chi connectivity index (χ0n) is 21.0. The molecule has 9 nitrogen and oxygen atoms in total. The third-order valence-corrected chi connectivity index (χ3v) is 7.72. The SMILES string of the molecule is COc1ccc(-c2nn(-c3ccccc3)cc2C=c2sc3nc(C4COc5ccccc5O4)nn3c2=O)cc1Cl. The van der Waals surface area contributed by atoms with E-state index in [9.17, 15) is 4.79 Å². The normalized spacial score (nSPS) is 15.1. The molecule has 0 N–H and O–H groups in total. The number of ether oxygens (including phenoxy) is 3. The van der Waals surface area contributed by atoms with Crippen molar-refractivity contribution in [2.24, 2.45) is 0 Å². The van der Waals surface area contributed by atoms with E-state index in [0.717, 1.165) is 16.8 Å². The van der Waals surface area contributed by atoms with Crippen LogP contribution in [0.25, 0.3) is 28.0 Å². The minimum Gasteiger partial charge on any atom is -0.495 e. The molecule has 1 aliphatic heterocycles. The molecule has 3 aromatic carbocycles. The summed E-state index contributed by atoms with van der Waals surface area (Å²) < 4.78 is 20.7.